The molecule has 0 unspecified atom stereocenters. The lowest BCUT2D eigenvalue weighted by Gasteiger charge is -2.37. The summed E-state index contributed by atoms with van der Waals surface area (Å²) in [5.74, 6) is 0. The van der Waals surface area contributed by atoms with Crippen LogP contribution in [0.4, 0.5) is 5.69 Å². The van der Waals surface area contributed by atoms with Gasteiger partial charge < -0.3 is 5.32 Å². The zero-order valence-corrected chi connectivity index (χ0v) is 12.5. The smallest absolute Gasteiger partial charge is 0.269 e. The molecule has 1 aromatic carbocycles. The number of hydrogen-bond donors (Lipinski definition) is 1. The van der Waals surface area contributed by atoms with Gasteiger partial charge in [0.15, 0.2) is 0 Å². The van der Waals surface area contributed by atoms with Gasteiger partial charge in [-0.1, -0.05) is 25.0 Å². The normalized spacial score (nSPS) is 21.7. The molecular formula is C17H24N2O2. The van der Waals surface area contributed by atoms with Crippen LogP contribution in [0, 0.1) is 15.5 Å². The lowest BCUT2D eigenvalue weighted by molar-refractivity contribution is -0.384. The first-order chi connectivity index (χ1) is 10.2. The molecule has 2 aliphatic carbocycles. The standard InChI is InChI=1S/C17H24N2O2/c20-19(21)16-5-3-4-14(12-16)13-18-15-6-10-17(11-7-15)8-1-2-9-17/h3-5,12,15,18H,1-2,6-11,13H2. The Balaban J connectivity index is 1.50. The molecule has 1 aromatic rings. The Morgan fingerprint density at radius 1 is 1.19 bits per heavy atom. The molecular weight excluding hydrogens is 264 g/mol. The molecule has 4 heteroatoms. The second-order valence-electron chi connectivity index (χ2n) is 6.79. The van der Waals surface area contributed by atoms with E-state index in [-0.39, 0.29) is 10.6 Å². The highest BCUT2D eigenvalue weighted by molar-refractivity contribution is 5.34. The van der Waals surface area contributed by atoms with Crippen LogP contribution < -0.4 is 5.32 Å². The Hall–Kier alpha value is -1.42. The van der Waals surface area contributed by atoms with Crippen molar-refractivity contribution in [3.05, 3.63) is 39.9 Å². The van der Waals surface area contributed by atoms with Crippen molar-refractivity contribution in [3.8, 4) is 0 Å². The van der Waals surface area contributed by atoms with Crippen LogP contribution >= 0.6 is 0 Å². The fourth-order valence-electron chi connectivity index (χ4n) is 4.10. The summed E-state index contributed by atoms with van der Waals surface area (Å²) in [7, 11) is 0. The number of nitrogens with one attached hydrogen (secondary N) is 1. The summed E-state index contributed by atoms with van der Waals surface area (Å²) in [6, 6.07) is 7.53. The van der Waals surface area contributed by atoms with E-state index in [0.717, 1.165) is 12.1 Å². The second kappa shape index (κ2) is 6.14. The zero-order valence-electron chi connectivity index (χ0n) is 12.5. The molecule has 0 saturated heterocycles. The number of non-ortho nitro benzene ring substituents is 1. The highest BCUT2D eigenvalue weighted by Crippen LogP contribution is 2.48. The van der Waals surface area contributed by atoms with Gasteiger partial charge in [0.05, 0.1) is 4.92 Å². The molecule has 0 aliphatic heterocycles. The van der Waals surface area contributed by atoms with Crippen LogP contribution in [0.25, 0.3) is 0 Å². The Morgan fingerprint density at radius 2 is 1.90 bits per heavy atom. The highest BCUT2D eigenvalue weighted by Gasteiger charge is 2.37. The Kier molecular flexibility index (Phi) is 4.24. The Labute approximate surface area is 126 Å². The number of nitrogens with zero attached hydrogens (tertiary/aromatic N) is 1. The molecule has 0 amide bonds. The maximum atomic E-state index is 10.8. The average molecular weight is 288 g/mol. The van der Waals surface area contributed by atoms with Crippen LogP contribution in [0.15, 0.2) is 24.3 Å². The van der Waals surface area contributed by atoms with Gasteiger partial charge in [-0.25, -0.2) is 0 Å². The van der Waals surface area contributed by atoms with Gasteiger partial charge in [0.2, 0.25) is 0 Å². The van der Waals surface area contributed by atoms with Crippen LogP contribution in [0.1, 0.15) is 56.9 Å². The van der Waals surface area contributed by atoms with E-state index in [4.69, 9.17) is 0 Å². The summed E-state index contributed by atoms with van der Waals surface area (Å²) in [6.07, 6.45) is 11.0. The van der Waals surface area contributed by atoms with Crippen LogP contribution in [-0.4, -0.2) is 11.0 Å². The lowest BCUT2D eigenvalue weighted by Crippen LogP contribution is -2.36. The van der Waals surface area contributed by atoms with Crippen molar-refractivity contribution < 1.29 is 4.92 Å². The summed E-state index contributed by atoms with van der Waals surface area (Å²) in [5, 5.41) is 14.4. The van der Waals surface area contributed by atoms with Gasteiger partial charge in [-0.15, -0.1) is 0 Å². The molecule has 3 rings (SSSR count). The maximum absolute atomic E-state index is 10.8. The lowest BCUT2D eigenvalue weighted by atomic mass is 9.71. The van der Waals surface area contributed by atoms with Crippen molar-refractivity contribution in [3.63, 3.8) is 0 Å². The minimum atomic E-state index is -0.325. The summed E-state index contributed by atoms with van der Waals surface area (Å²) < 4.78 is 0. The largest absolute Gasteiger partial charge is 0.310 e. The van der Waals surface area contributed by atoms with Crippen molar-refractivity contribution in [1.29, 1.82) is 0 Å². The number of nitro benzene ring substituents is 1. The van der Waals surface area contributed by atoms with Gasteiger partial charge in [-0.2, -0.15) is 0 Å². The first kappa shape index (κ1) is 14.5. The SMILES string of the molecule is O=[N+]([O-])c1cccc(CNC2CCC3(CCCC3)CC2)c1. The molecule has 21 heavy (non-hydrogen) atoms. The van der Waals surface area contributed by atoms with Crippen LogP contribution in [0.3, 0.4) is 0 Å². The summed E-state index contributed by atoms with van der Waals surface area (Å²) >= 11 is 0. The van der Waals surface area contributed by atoms with E-state index in [1.807, 2.05) is 6.07 Å². The molecule has 0 radical (unpaired) electrons. The molecule has 0 heterocycles. The van der Waals surface area contributed by atoms with E-state index >= 15 is 0 Å². The number of hydrogen-bond acceptors (Lipinski definition) is 3. The Bertz CT molecular complexity index is 499. The molecule has 114 valence electrons. The fraction of sp³-hybridized carbons (Fsp3) is 0.647. The molecule has 2 fully saturated rings. The average Bonchev–Trinajstić information content (AvgIpc) is 2.95. The predicted molar refractivity (Wildman–Crippen MR) is 83.1 cm³/mol. The van der Waals surface area contributed by atoms with Crippen molar-refractivity contribution in [1.82, 2.24) is 5.32 Å². The fourth-order valence-corrected chi connectivity index (χ4v) is 4.10. The minimum absolute atomic E-state index is 0.183. The van der Waals surface area contributed by atoms with Crippen molar-refractivity contribution in [2.24, 2.45) is 5.41 Å². The third-order valence-corrected chi connectivity index (χ3v) is 5.43. The van der Waals surface area contributed by atoms with Gasteiger partial charge in [-0.05, 0) is 49.5 Å². The second-order valence-corrected chi connectivity index (χ2v) is 6.79. The summed E-state index contributed by atoms with van der Waals surface area (Å²) in [5.41, 5.74) is 1.86. The third kappa shape index (κ3) is 3.43. The van der Waals surface area contributed by atoms with Gasteiger partial charge in [0, 0.05) is 24.7 Å². The predicted octanol–water partition coefficient (Wildman–Crippen LogP) is 4.19. The van der Waals surface area contributed by atoms with E-state index in [1.54, 1.807) is 18.2 Å². The van der Waals surface area contributed by atoms with Gasteiger partial charge >= 0.3 is 0 Å². The zero-order chi connectivity index (χ0) is 14.7. The molecule has 4 nitrogen and oxygen atoms in total. The van der Waals surface area contributed by atoms with E-state index in [9.17, 15) is 10.1 Å². The number of rotatable bonds is 4. The van der Waals surface area contributed by atoms with Crippen molar-refractivity contribution in [2.75, 3.05) is 0 Å². The van der Waals surface area contributed by atoms with E-state index in [0.29, 0.717) is 11.5 Å². The highest BCUT2D eigenvalue weighted by atomic mass is 16.6. The minimum Gasteiger partial charge on any atom is -0.310 e. The van der Waals surface area contributed by atoms with E-state index in [2.05, 4.69) is 5.32 Å². The third-order valence-electron chi connectivity index (χ3n) is 5.43. The number of benzene rings is 1. The van der Waals surface area contributed by atoms with Crippen molar-refractivity contribution >= 4 is 5.69 Å². The maximum Gasteiger partial charge on any atom is 0.269 e. The van der Waals surface area contributed by atoms with E-state index in [1.165, 1.54) is 51.4 Å². The van der Waals surface area contributed by atoms with Crippen LogP contribution in [-0.2, 0) is 6.54 Å². The topological polar surface area (TPSA) is 55.2 Å². The van der Waals surface area contributed by atoms with Crippen LogP contribution in [0.5, 0.6) is 0 Å². The first-order valence-corrected chi connectivity index (χ1v) is 8.14. The van der Waals surface area contributed by atoms with Crippen LogP contribution in [0.2, 0.25) is 0 Å². The van der Waals surface area contributed by atoms with Gasteiger partial charge in [-0.3, -0.25) is 10.1 Å². The van der Waals surface area contributed by atoms with E-state index < -0.39 is 0 Å². The summed E-state index contributed by atoms with van der Waals surface area (Å²) in [4.78, 5) is 10.5. The Morgan fingerprint density at radius 3 is 2.57 bits per heavy atom. The molecule has 1 spiro atoms. The molecule has 2 saturated carbocycles. The monoisotopic (exact) mass is 288 g/mol. The van der Waals surface area contributed by atoms with Crippen molar-refractivity contribution in [2.45, 2.75) is 64.0 Å². The quantitative estimate of drug-likeness (QED) is 0.667. The molecule has 0 aromatic heterocycles. The molecule has 1 N–H and O–H groups in total. The summed E-state index contributed by atoms with van der Waals surface area (Å²) in [6.45, 7) is 0.735. The molecule has 0 bridgehead atoms. The molecule has 0 atom stereocenters. The van der Waals surface area contributed by atoms with Gasteiger partial charge in [0.25, 0.3) is 5.69 Å². The number of nitro groups is 1. The molecule has 2 aliphatic rings. The first-order valence-electron chi connectivity index (χ1n) is 8.14. The van der Waals surface area contributed by atoms with Gasteiger partial charge in [0.1, 0.15) is 0 Å².